The van der Waals surface area contributed by atoms with Gasteiger partial charge in [0.25, 0.3) is 0 Å². The van der Waals surface area contributed by atoms with E-state index in [1.165, 1.54) is 19.3 Å². The molecule has 1 aliphatic rings. The maximum Gasteiger partial charge on any atom is 0.165 e. The number of hydrogen-bond donors (Lipinski definition) is 0. The van der Waals surface area contributed by atoms with Crippen molar-refractivity contribution in [2.45, 2.75) is 38.8 Å². The lowest BCUT2D eigenvalue weighted by atomic mass is 10.0. The average molecular weight is 275 g/mol. The third-order valence-corrected chi connectivity index (χ3v) is 3.99. The molecule has 1 unspecified atom stereocenters. The van der Waals surface area contributed by atoms with Crippen LogP contribution >= 0.6 is 0 Å². The minimum atomic E-state index is 0.519. The molecule has 3 rings (SSSR count). The highest BCUT2D eigenvalue weighted by Crippen LogP contribution is 2.27. The van der Waals surface area contributed by atoms with Crippen LogP contribution in [0.3, 0.4) is 0 Å². The lowest BCUT2D eigenvalue weighted by molar-refractivity contribution is 0.188. The van der Waals surface area contributed by atoms with Gasteiger partial charge in [-0.2, -0.15) is 0 Å². The molecule has 6 heteroatoms. The van der Waals surface area contributed by atoms with Crippen LogP contribution in [0.1, 0.15) is 26.2 Å². The van der Waals surface area contributed by atoms with Crippen molar-refractivity contribution in [3.8, 4) is 0 Å². The molecule has 108 valence electrons. The lowest BCUT2D eigenvalue weighted by Gasteiger charge is -2.34. The summed E-state index contributed by atoms with van der Waals surface area (Å²) in [6.45, 7) is 4.73. The number of rotatable bonds is 4. The van der Waals surface area contributed by atoms with Crippen LogP contribution in [0.2, 0.25) is 0 Å². The van der Waals surface area contributed by atoms with Crippen LogP contribution in [0.4, 0.5) is 5.82 Å². The standard InChI is InChI=1S/C14H21N5O/c1-11-5-3-4-6-19(11)14-12-13(15-9-16-14)18(10-17-12)7-8-20-2/h9-11H,3-8H2,1-2H3. The minimum Gasteiger partial charge on any atom is -0.383 e. The van der Waals surface area contributed by atoms with Crippen LogP contribution in [-0.2, 0) is 11.3 Å². The van der Waals surface area contributed by atoms with Gasteiger partial charge in [0.05, 0.1) is 12.9 Å². The molecule has 0 N–H and O–H groups in total. The zero-order valence-corrected chi connectivity index (χ0v) is 12.1. The van der Waals surface area contributed by atoms with Crippen molar-refractivity contribution in [3.63, 3.8) is 0 Å². The van der Waals surface area contributed by atoms with Crippen molar-refractivity contribution in [3.05, 3.63) is 12.7 Å². The molecule has 0 aliphatic carbocycles. The summed E-state index contributed by atoms with van der Waals surface area (Å²) in [4.78, 5) is 15.7. The number of imidazole rings is 1. The highest BCUT2D eigenvalue weighted by atomic mass is 16.5. The van der Waals surface area contributed by atoms with Crippen molar-refractivity contribution in [2.75, 3.05) is 25.2 Å². The first-order valence-electron chi connectivity index (χ1n) is 7.22. The van der Waals surface area contributed by atoms with Gasteiger partial charge in [0.2, 0.25) is 0 Å². The Morgan fingerprint density at radius 2 is 2.20 bits per heavy atom. The number of ether oxygens (including phenoxy) is 1. The van der Waals surface area contributed by atoms with Gasteiger partial charge in [-0.3, -0.25) is 0 Å². The topological polar surface area (TPSA) is 56.1 Å². The Labute approximate surface area is 118 Å². The summed E-state index contributed by atoms with van der Waals surface area (Å²) in [6, 6.07) is 0.519. The second kappa shape index (κ2) is 5.75. The van der Waals surface area contributed by atoms with Gasteiger partial charge in [-0.25, -0.2) is 15.0 Å². The van der Waals surface area contributed by atoms with Gasteiger partial charge in [-0.15, -0.1) is 0 Å². The Hall–Kier alpha value is -1.69. The Balaban J connectivity index is 1.97. The molecular formula is C14H21N5O. The van der Waals surface area contributed by atoms with E-state index in [0.29, 0.717) is 12.6 Å². The average Bonchev–Trinajstić information content (AvgIpc) is 2.89. The van der Waals surface area contributed by atoms with Gasteiger partial charge in [-0.05, 0) is 26.2 Å². The van der Waals surface area contributed by atoms with Gasteiger partial charge in [-0.1, -0.05) is 0 Å². The number of fused-ring (bicyclic) bond motifs is 1. The van der Waals surface area contributed by atoms with Crippen LogP contribution in [0.15, 0.2) is 12.7 Å². The van der Waals surface area contributed by atoms with Gasteiger partial charge in [0.15, 0.2) is 17.0 Å². The quantitative estimate of drug-likeness (QED) is 0.852. The van der Waals surface area contributed by atoms with Crippen molar-refractivity contribution in [1.29, 1.82) is 0 Å². The third-order valence-electron chi connectivity index (χ3n) is 3.99. The number of piperidine rings is 1. The second-order valence-corrected chi connectivity index (χ2v) is 5.34. The van der Waals surface area contributed by atoms with E-state index in [2.05, 4.69) is 26.8 Å². The summed E-state index contributed by atoms with van der Waals surface area (Å²) in [6.07, 6.45) is 7.21. The maximum atomic E-state index is 5.13. The van der Waals surface area contributed by atoms with Crippen molar-refractivity contribution >= 4 is 17.0 Å². The number of nitrogens with zero attached hydrogens (tertiary/aromatic N) is 5. The van der Waals surface area contributed by atoms with E-state index in [9.17, 15) is 0 Å². The molecule has 3 heterocycles. The molecule has 2 aromatic heterocycles. The predicted molar refractivity (Wildman–Crippen MR) is 77.9 cm³/mol. The monoisotopic (exact) mass is 275 g/mol. The number of methoxy groups -OCH3 is 1. The first-order valence-corrected chi connectivity index (χ1v) is 7.22. The summed E-state index contributed by atoms with van der Waals surface area (Å²) < 4.78 is 7.15. The molecule has 1 saturated heterocycles. The molecule has 2 aromatic rings. The van der Waals surface area contributed by atoms with Gasteiger partial charge >= 0.3 is 0 Å². The SMILES string of the molecule is COCCn1cnc2c(N3CCCCC3C)ncnc21. The Morgan fingerprint density at radius 1 is 1.30 bits per heavy atom. The number of aromatic nitrogens is 4. The summed E-state index contributed by atoms with van der Waals surface area (Å²) in [7, 11) is 1.70. The molecule has 0 amide bonds. The zero-order valence-electron chi connectivity index (χ0n) is 12.1. The molecule has 6 nitrogen and oxygen atoms in total. The van der Waals surface area contributed by atoms with Crippen LogP contribution in [0.5, 0.6) is 0 Å². The first kappa shape index (κ1) is 13.3. The summed E-state index contributed by atoms with van der Waals surface area (Å²) in [5.74, 6) is 0.971. The highest BCUT2D eigenvalue weighted by molar-refractivity contribution is 5.83. The lowest BCUT2D eigenvalue weighted by Crippen LogP contribution is -2.38. The van der Waals surface area contributed by atoms with Crippen molar-refractivity contribution < 1.29 is 4.74 Å². The fourth-order valence-electron chi connectivity index (χ4n) is 2.84. The fraction of sp³-hybridized carbons (Fsp3) is 0.643. The van der Waals surface area contributed by atoms with Crippen LogP contribution < -0.4 is 4.90 Å². The maximum absolute atomic E-state index is 5.13. The van der Waals surface area contributed by atoms with Crippen molar-refractivity contribution in [2.24, 2.45) is 0 Å². The van der Waals surface area contributed by atoms with Crippen LogP contribution in [0, 0.1) is 0 Å². The predicted octanol–water partition coefficient (Wildman–Crippen LogP) is 1.85. The van der Waals surface area contributed by atoms with E-state index in [0.717, 1.165) is 30.1 Å². The summed E-state index contributed by atoms with van der Waals surface area (Å²) in [5.41, 5.74) is 1.79. The second-order valence-electron chi connectivity index (χ2n) is 5.34. The molecule has 1 atom stereocenters. The molecule has 0 saturated carbocycles. The minimum absolute atomic E-state index is 0.519. The van der Waals surface area contributed by atoms with Gasteiger partial charge in [0, 0.05) is 26.2 Å². The molecular weight excluding hydrogens is 254 g/mol. The normalized spacial score (nSPS) is 19.7. The van der Waals surface area contributed by atoms with Crippen LogP contribution in [-0.4, -0.2) is 45.8 Å². The molecule has 20 heavy (non-hydrogen) atoms. The van der Waals surface area contributed by atoms with Crippen LogP contribution in [0.25, 0.3) is 11.2 Å². The molecule has 0 bridgehead atoms. The van der Waals surface area contributed by atoms with E-state index in [4.69, 9.17) is 4.74 Å². The molecule has 0 radical (unpaired) electrons. The summed E-state index contributed by atoms with van der Waals surface area (Å²) >= 11 is 0. The Morgan fingerprint density at radius 3 is 3.00 bits per heavy atom. The van der Waals surface area contributed by atoms with E-state index in [1.807, 2.05) is 10.9 Å². The Bertz CT molecular complexity index is 582. The smallest absolute Gasteiger partial charge is 0.165 e. The van der Waals surface area contributed by atoms with Crippen molar-refractivity contribution in [1.82, 2.24) is 19.5 Å². The fourth-order valence-corrected chi connectivity index (χ4v) is 2.84. The highest BCUT2D eigenvalue weighted by Gasteiger charge is 2.23. The van der Waals surface area contributed by atoms with E-state index in [-0.39, 0.29) is 0 Å². The van der Waals surface area contributed by atoms with E-state index >= 15 is 0 Å². The Kier molecular flexibility index (Phi) is 3.82. The summed E-state index contributed by atoms with van der Waals surface area (Å²) in [5, 5.41) is 0. The zero-order chi connectivity index (χ0) is 13.9. The molecule has 1 aliphatic heterocycles. The third kappa shape index (κ3) is 2.35. The number of anilines is 1. The van der Waals surface area contributed by atoms with E-state index < -0.39 is 0 Å². The van der Waals surface area contributed by atoms with Gasteiger partial charge in [0.1, 0.15) is 6.33 Å². The molecule has 0 aromatic carbocycles. The number of hydrogen-bond acceptors (Lipinski definition) is 5. The van der Waals surface area contributed by atoms with E-state index in [1.54, 1.807) is 13.4 Å². The molecule has 1 fully saturated rings. The molecule has 0 spiro atoms. The van der Waals surface area contributed by atoms with Gasteiger partial charge < -0.3 is 14.2 Å². The largest absolute Gasteiger partial charge is 0.383 e. The first-order chi connectivity index (χ1) is 9.81.